The molecule has 2 heterocycles. The molecule has 0 aliphatic rings. The maximum Gasteiger partial charge on any atom is 0.331 e. The SMILES string of the molecule is CCn1c(=O)c2ccccc2n(CC(=O)Nc2ccc(Cc3ccncc3)cc2)c1=O. The van der Waals surface area contributed by atoms with E-state index in [4.69, 9.17) is 0 Å². The van der Waals surface area contributed by atoms with Gasteiger partial charge in [-0.2, -0.15) is 0 Å². The first kappa shape index (κ1) is 20.3. The van der Waals surface area contributed by atoms with Gasteiger partial charge in [-0.1, -0.05) is 24.3 Å². The number of rotatable bonds is 6. The van der Waals surface area contributed by atoms with Crippen molar-refractivity contribution in [3.8, 4) is 0 Å². The number of hydrogen-bond donors (Lipinski definition) is 1. The van der Waals surface area contributed by atoms with Gasteiger partial charge in [0.05, 0.1) is 10.9 Å². The maximum absolute atomic E-state index is 12.8. The number of hydrogen-bond acceptors (Lipinski definition) is 4. The first-order valence-electron chi connectivity index (χ1n) is 10.1. The predicted octanol–water partition coefficient (Wildman–Crippen LogP) is 2.81. The van der Waals surface area contributed by atoms with Gasteiger partial charge in [-0.3, -0.25) is 23.7 Å². The summed E-state index contributed by atoms with van der Waals surface area (Å²) >= 11 is 0. The van der Waals surface area contributed by atoms with Crippen molar-refractivity contribution < 1.29 is 4.79 Å². The molecule has 7 nitrogen and oxygen atoms in total. The number of pyridine rings is 1. The van der Waals surface area contributed by atoms with Crippen LogP contribution in [0.1, 0.15) is 18.1 Å². The van der Waals surface area contributed by atoms with Gasteiger partial charge in [0.25, 0.3) is 5.56 Å². The largest absolute Gasteiger partial charge is 0.331 e. The fraction of sp³-hybridized carbons (Fsp3) is 0.167. The summed E-state index contributed by atoms with van der Waals surface area (Å²) in [7, 11) is 0. The second-order valence-electron chi connectivity index (χ2n) is 7.21. The minimum Gasteiger partial charge on any atom is -0.325 e. The molecule has 0 radical (unpaired) electrons. The summed E-state index contributed by atoms with van der Waals surface area (Å²) in [5.74, 6) is -0.338. The molecule has 7 heteroatoms. The Labute approximate surface area is 178 Å². The number of fused-ring (bicyclic) bond motifs is 1. The number of carbonyl (C=O) groups excluding carboxylic acids is 1. The summed E-state index contributed by atoms with van der Waals surface area (Å²) in [5, 5.41) is 3.24. The zero-order valence-corrected chi connectivity index (χ0v) is 17.1. The standard InChI is InChI=1S/C24H22N4O3/c1-2-27-23(30)20-5-3-4-6-21(20)28(24(27)31)16-22(29)26-19-9-7-17(8-10-19)15-18-11-13-25-14-12-18/h3-14H,2,15-16H2,1H3,(H,26,29). The molecule has 0 spiro atoms. The van der Waals surface area contributed by atoms with Crippen molar-refractivity contribution in [2.24, 2.45) is 0 Å². The van der Waals surface area contributed by atoms with E-state index in [1.165, 1.54) is 4.57 Å². The van der Waals surface area contributed by atoms with Crippen molar-refractivity contribution in [3.05, 3.63) is 105 Å². The highest BCUT2D eigenvalue weighted by Crippen LogP contribution is 2.14. The van der Waals surface area contributed by atoms with Gasteiger partial charge in [-0.05, 0) is 60.9 Å². The van der Waals surface area contributed by atoms with Crippen molar-refractivity contribution >= 4 is 22.5 Å². The highest BCUT2D eigenvalue weighted by Gasteiger charge is 2.14. The summed E-state index contributed by atoms with van der Waals surface area (Å²) < 4.78 is 2.48. The molecule has 156 valence electrons. The van der Waals surface area contributed by atoms with Gasteiger partial charge in [0.15, 0.2) is 0 Å². The van der Waals surface area contributed by atoms with Crippen LogP contribution in [0.2, 0.25) is 0 Å². The van der Waals surface area contributed by atoms with E-state index in [0.717, 1.165) is 22.1 Å². The van der Waals surface area contributed by atoms with Crippen molar-refractivity contribution in [2.45, 2.75) is 26.4 Å². The number of benzene rings is 2. The monoisotopic (exact) mass is 414 g/mol. The second-order valence-corrected chi connectivity index (χ2v) is 7.21. The van der Waals surface area contributed by atoms with Crippen LogP contribution >= 0.6 is 0 Å². The molecule has 2 aromatic carbocycles. The smallest absolute Gasteiger partial charge is 0.325 e. The van der Waals surface area contributed by atoms with Crippen LogP contribution < -0.4 is 16.6 Å². The number of nitrogens with one attached hydrogen (secondary N) is 1. The molecule has 0 fully saturated rings. The summed E-state index contributed by atoms with van der Waals surface area (Å²) in [4.78, 5) is 42.0. The van der Waals surface area contributed by atoms with Gasteiger partial charge in [0.1, 0.15) is 6.54 Å². The molecular formula is C24H22N4O3. The van der Waals surface area contributed by atoms with E-state index in [2.05, 4.69) is 10.3 Å². The quantitative estimate of drug-likeness (QED) is 0.526. The minimum absolute atomic E-state index is 0.182. The summed E-state index contributed by atoms with van der Waals surface area (Å²) in [6.45, 7) is 1.79. The van der Waals surface area contributed by atoms with E-state index < -0.39 is 5.69 Å². The van der Waals surface area contributed by atoms with Crippen LogP contribution in [0.25, 0.3) is 10.9 Å². The number of nitrogens with zero attached hydrogens (tertiary/aromatic N) is 3. The third-order valence-electron chi connectivity index (χ3n) is 5.15. The first-order chi connectivity index (χ1) is 15.1. The van der Waals surface area contributed by atoms with Crippen LogP contribution in [0.3, 0.4) is 0 Å². The topological polar surface area (TPSA) is 86.0 Å². The van der Waals surface area contributed by atoms with Crippen LogP contribution in [-0.2, 0) is 24.3 Å². The van der Waals surface area contributed by atoms with Crippen LogP contribution in [0.5, 0.6) is 0 Å². The van der Waals surface area contributed by atoms with E-state index in [-0.39, 0.29) is 24.6 Å². The molecule has 0 aliphatic heterocycles. The Morgan fingerprint density at radius 3 is 2.29 bits per heavy atom. The van der Waals surface area contributed by atoms with Crippen molar-refractivity contribution in [2.75, 3.05) is 5.32 Å². The molecule has 31 heavy (non-hydrogen) atoms. The first-order valence-corrected chi connectivity index (χ1v) is 10.1. The van der Waals surface area contributed by atoms with Crippen LogP contribution in [0.4, 0.5) is 5.69 Å². The number of aromatic nitrogens is 3. The molecule has 0 bridgehead atoms. The Kier molecular flexibility index (Phi) is 5.75. The lowest BCUT2D eigenvalue weighted by Gasteiger charge is -2.13. The average molecular weight is 414 g/mol. The van der Waals surface area contributed by atoms with Gasteiger partial charge in [-0.25, -0.2) is 4.79 Å². The predicted molar refractivity (Wildman–Crippen MR) is 120 cm³/mol. The van der Waals surface area contributed by atoms with Gasteiger partial charge in [-0.15, -0.1) is 0 Å². The van der Waals surface area contributed by atoms with Gasteiger partial charge < -0.3 is 5.32 Å². The molecule has 0 aliphatic carbocycles. The Morgan fingerprint density at radius 1 is 0.903 bits per heavy atom. The molecule has 2 aromatic heterocycles. The van der Waals surface area contributed by atoms with Gasteiger partial charge in [0, 0.05) is 24.6 Å². The van der Waals surface area contributed by atoms with E-state index in [0.29, 0.717) is 16.6 Å². The van der Waals surface area contributed by atoms with Crippen molar-refractivity contribution in [3.63, 3.8) is 0 Å². The number of para-hydroxylation sites is 1. The molecule has 4 rings (SSSR count). The van der Waals surface area contributed by atoms with Crippen LogP contribution in [0.15, 0.2) is 82.6 Å². The third kappa shape index (κ3) is 4.30. The molecule has 0 atom stereocenters. The van der Waals surface area contributed by atoms with E-state index in [1.807, 2.05) is 36.4 Å². The van der Waals surface area contributed by atoms with Crippen LogP contribution in [0, 0.1) is 0 Å². The Bertz CT molecular complexity index is 1340. The fourth-order valence-corrected chi connectivity index (χ4v) is 3.59. The van der Waals surface area contributed by atoms with E-state index >= 15 is 0 Å². The molecule has 0 unspecified atom stereocenters. The Hall–Kier alpha value is -4.00. The summed E-state index contributed by atoms with van der Waals surface area (Å²) in [6, 6.07) is 18.3. The maximum atomic E-state index is 12.8. The Balaban J connectivity index is 1.54. The number of anilines is 1. The van der Waals surface area contributed by atoms with Crippen molar-refractivity contribution in [1.82, 2.24) is 14.1 Å². The van der Waals surface area contributed by atoms with Gasteiger partial charge >= 0.3 is 5.69 Å². The zero-order chi connectivity index (χ0) is 21.8. The molecule has 4 aromatic rings. The summed E-state index contributed by atoms with van der Waals surface area (Å²) in [6.07, 6.45) is 4.30. The molecular weight excluding hydrogens is 392 g/mol. The zero-order valence-electron chi connectivity index (χ0n) is 17.1. The van der Waals surface area contributed by atoms with E-state index in [1.54, 1.807) is 43.6 Å². The molecule has 1 N–H and O–H groups in total. The minimum atomic E-state index is -0.492. The van der Waals surface area contributed by atoms with Crippen molar-refractivity contribution in [1.29, 1.82) is 0 Å². The highest BCUT2D eigenvalue weighted by atomic mass is 16.2. The van der Waals surface area contributed by atoms with E-state index in [9.17, 15) is 14.4 Å². The average Bonchev–Trinajstić information content (AvgIpc) is 2.79. The molecule has 0 saturated heterocycles. The normalized spacial score (nSPS) is 10.9. The lowest BCUT2D eigenvalue weighted by molar-refractivity contribution is -0.116. The number of amides is 1. The highest BCUT2D eigenvalue weighted by molar-refractivity contribution is 5.91. The van der Waals surface area contributed by atoms with Gasteiger partial charge in [0.2, 0.25) is 5.91 Å². The molecule has 0 saturated carbocycles. The second kappa shape index (κ2) is 8.79. The van der Waals surface area contributed by atoms with Crippen LogP contribution in [-0.4, -0.2) is 20.0 Å². The fourth-order valence-electron chi connectivity index (χ4n) is 3.59. The lowest BCUT2D eigenvalue weighted by Crippen LogP contribution is -2.41. The Morgan fingerprint density at radius 2 is 1.58 bits per heavy atom. The summed E-state index contributed by atoms with van der Waals surface area (Å²) in [5.41, 5.74) is 2.53. The lowest BCUT2D eigenvalue weighted by atomic mass is 10.1. The molecule has 1 amide bonds. The third-order valence-corrected chi connectivity index (χ3v) is 5.15. The number of carbonyl (C=O) groups is 1.